The van der Waals surface area contributed by atoms with Gasteiger partial charge in [-0.05, 0) is 55.3 Å². The number of rotatable bonds is 8. The van der Waals surface area contributed by atoms with E-state index >= 15 is 0 Å². The third-order valence-electron chi connectivity index (χ3n) is 5.26. The first-order valence-corrected chi connectivity index (χ1v) is 10.6. The van der Waals surface area contributed by atoms with Gasteiger partial charge >= 0.3 is 0 Å². The molecule has 0 spiro atoms. The first kappa shape index (κ1) is 21.1. The van der Waals surface area contributed by atoms with Gasteiger partial charge in [-0.3, -0.25) is 9.59 Å². The number of nitrogens with zero attached hydrogens (tertiary/aromatic N) is 1. The molecule has 7 nitrogen and oxygen atoms in total. The van der Waals surface area contributed by atoms with Crippen LogP contribution >= 0.6 is 11.6 Å². The zero-order valence-electron chi connectivity index (χ0n) is 17.2. The molecule has 0 atom stereocenters. The Balaban J connectivity index is 1.33. The lowest BCUT2D eigenvalue weighted by Gasteiger charge is -2.15. The molecule has 1 aromatic heterocycles. The summed E-state index contributed by atoms with van der Waals surface area (Å²) in [6.45, 7) is 1.99. The molecule has 2 aromatic carbocycles. The van der Waals surface area contributed by atoms with Crippen LogP contribution in [-0.4, -0.2) is 48.5 Å². The van der Waals surface area contributed by atoms with E-state index in [0.717, 1.165) is 36.0 Å². The van der Waals surface area contributed by atoms with E-state index in [0.29, 0.717) is 41.7 Å². The molecule has 2 heterocycles. The molecular weight excluding hydrogens is 418 g/mol. The maximum atomic E-state index is 12.6. The predicted molar refractivity (Wildman–Crippen MR) is 120 cm³/mol. The second kappa shape index (κ2) is 9.31. The average molecular weight is 442 g/mol. The van der Waals surface area contributed by atoms with E-state index in [9.17, 15) is 9.59 Å². The highest BCUT2D eigenvalue weighted by molar-refractivity contribution is 6.32. The van der Waals surface area contributed by atoms with E-state index < -0.39 is 0 Å². The molecule has 1 aliphatic heterocycles. The van der Waals surface area contributed by atoms with Crippen molar-refractivity contribution in [3.05, 3.63) is 53.2 Å². The minimum atomic E-state index is -0.268. The molecule has 1 fully saturated rings. The molecule has 1 saturated heterocycles. The summed E-state index contributed by atoms with van der Waals surface area (Å²) in [5.74, 6) is 1.22. The molecule has 0 bridgehead atoms. The van der Waals surface area contributed by atoms with Crippen LogP contribution in [-0.2, 0) is 4.79 Å². The van der Waals surface area contributed by atoms with Gasteiger partial charge in [0.15, 0.2) is 0 Å². The third kappa shape index (κ3) is 4.94. The van der Waals surface area contributed by atoms with Gasteiger partial charge in [-0.2, -0.15) is 0 Å². The Hall–Kier alpha value is -3.19. The number of aromatic nitrogens is 1. The summed E-state index contributed by atoms with van der Waals surface area (Å²) in [6, 6.07) is 12.5. The van der Waals surface area contributed by atoms with Crippen LogP contribution in [0.1, 0.15) is 29.8 Å². The maximum Gasteiger partial charge on any atom is 0.272 e. The number of ether oxygens (including phenoxy) is 2. The first-order valence-electron chi connectivity index (χ1n) is 10.2. The summed E-state index contributed by atoms with van der Waals surface area (Å²) in [5, 5.41) is 4.14. The SMILES string of the molecule is COc1ccc2[nH]c(C(=O)Nc3ccc(OCCCN4CCCC4=O)c(Cl)c3)cc2c1. The minimum absolute atomic E-state index is 0.215. The quantitative estimate of drug-likeness (QED) is 0.505. The molecule has 8 heteroatoms. The van der Waals surface area contributed by atoms with Crippen molar-refractivity contribution in [2.45, 2.75) is 19.3 Å². The number of carbonyl (C=O) groups excluding carboxylic acids is 2. The van der Waals surface area contributed by atoms with Crippen molar-refractivity contribution in [2.75, 3.05) is 32.1 Å². The summed E-state index contributed by atoms with van der Waals surface area (Å²) >= 11 is 6.32. The van der Waals surface area contributed by atoms with Crippen LogP contribution in [0.3, 0.4) is 0 Å². The van der Waals surface area contributed by atoms with Crippen LogP contribution in [0.25, 0.3) is 10.9 Å². The van der Waals surface area contributed by atoms with Crippen molar-refractivity contribution in [1.29, 1.82) is 0 Å². The Morgan fingerprint density at radius 1 is 1.23 bits per heavy atom. The zero-order valence-corrected chi connectivity index (χ0v) is 18.0. The van der Waals surface area contributed by atoms with Crippen LogP contribution in [0.4, 0.5) is 5.69 Å². The van der Waals surface area contributed by atoms with Crippen molar-refractivity contribution in [3.8, 4) is 11.5 Å². The maximum absolute atomic E-state index is 12.6. The number of benzene rings is 2. The molecule has 0 unspecified atom stereocenters. The number of anilines is 1. The number of H-pyrrole nitrogens is 1. The number of carbonyl (C=O) groups is 2. The number of aromatic amines is 1. The smallest absolute Gasteiger partial charge is 0.272 e. The topological polar surface area (TPSA) is 83.7 Å². The number of amides is 2. The number of nitrogens with one attached hydrogen (secondary N) is 2. The summed E-state index contributed by atoms with van der Waals surface area (Å²) in [7, 11) is 1.60. The number of hydrogen-bond donors (Lipinski definition) is 2. The summed E-state index contributed by atoms with van der Waals surface area (Å²) in [4.78, 5) is 29.2. The van der Waals surface area contributed by atoms with Crippen molar-refractivity contribution in [3.63, 3.8) is 0 Å². The van der Waals surface area contributed by atoms with Crippen LogP contribution in [0.5, 0.6) is 11.5 Å². The summed E-state index contributed by atoms with van der Waals surface area (Å²) < 4.78 is 11.0. The van der Waals surface area contributed by atoms with E-state index in [2.05, 4.69) is 10.3 Å². The minimum Gasteiger partial charge on any atom is -0.497 e. The van der Waals surface area contributed by atoms with Gasteiger partial charge in [0.05, 0.1) is 18.7 Å². The first-order chi connectivity index (χ1) is 15.0. The fourth-order valence-electron chi connectivity index (χ4n) is 3.63. The number of methoxy groups -OCH3 is 1. The highest BCUT2D eigenvalue weighted by atomic mass is 35.5. The third-order valence-corrected chi connectivity index (χ3v) is 5.56. The number of hydrogen-bond acceptors (Lipinski definition) is 4. The van der Waals surface area contributed by atoms with E-state index in [1.807, 2.05) is 23.1 Å². The number of likely N-dealkylation sites (tertiary alicyclic amines) is 1. The monoisotopic (exact) mass is 441 g/mol. The largest absolute Gasteiger partial charge is 0.497 e. The highest BCUT2D eigenvalue weighted by Crippen LogP contribution is 2.28. The molecule has 4 rings (SSSR count). The molecule has 31 heavy (non-hydrogen) atoms. The van der Waals surface area contributed by atoms with Crippen molar-refractivity contribution in [2.24, 2.45) is 0 Å². The van der Waals surface area contributed by atoms with Gasteiger partial charge in [0.25, 0.3) is 5.91 Å². The zero-order chi connectivity index (χ0) is 21.8. The van der Waals surface area contributed by atoms with E-state index in [4.69, 9.17) is 21.1 Å². The second-order valence-corrected chi connectivity index (χ2v) is 7.83. The van der Waals surface area contributed by atoms with Crippen LogP contribution in [0.15, 0.2) is 42.5 Å². The average Bonchev–Trinajstić information content (AvgIpc) is 3.37. The van der Waals surface area contributed by atoms with Gasteiger partial charge in [-0.25, -0.2) is 0 Å². The fourth-order valence-corrected chi connectivity index (χ4v) is 3.87. The molecule has 0 radical (unpaired) electrons. The van der Waals surface area contributed by atoms with Gasteiger partial charge < -0.3 is 24.7 Å². The van der Waals surface area contributed by atoms with E-state index in [1.165, 1.54) is 0 Å². The fraction of sp³-hybridized carbons (Fsp3) is 0.304. The van der Waals surface area contributed by atoms with Crippen LogP contribution in [0, 0.1) is 0 Å². The van der Waals surface area contributed by atoms with E-state index in [-0.39, 0.29) is 11.8 Å². The number of halogens is 1. The molecular formula is C23H24ClN3O4. The van der Waals surface area contributed by atoms with Gasteiger partial charge in [-0.1, -0.05) is 11.6 Å². The Morgan fingerprint density at radius 2 is 2.10 bits per heavy atom. The molecule has 0 aliphatic carbocycles. The molecule has 3 aromatic rings. The lowest BCUT2D eigenvalue weighted by molar-refractivity contribution is -0.127. The Bertz CT molecular complexity index is 1110. The standard InChI is InChI=1S/C23H24ClN3O4/c1-30-17-6-7-19-15(12-17)13-20(26-19)23(29)25-16-5-8-21(18(24)14-16)31-11-3-10-27-9-2-4-22(27)28/h5-8,12-14,26H,2-4,9-11H2,1H3,(H,25,29). The molecule has 1 aliphatic rings. The highest BCUT2D eigenvalue weighted by Gasteiger charge is 2.19. The Labute approximate surface area is 185 Å². The van der Waals surface area contributed by atoms with E-state index in [1.54, 1.807) is 31.4 Å². The number of fused-ring (bicyclic) bond motifs is 1. The van der Waals surface area contributed by atoms with Crippen molar-refractivity contribution in [1.82, 2.24) is 9.88 Å². The second-order valence-electron chi connectivity index (χ2n) is 7.42. The molecule has 162 valence electrons. The molecule has 2 N–H and O–H groups in total. The van der Waals surface area contributed by atoms with Gasteiger partial charge in [0, 0.05) is 36.1 Å². The predicted octanol–water partition coefficient (Wildman–Crippen LogP) is 4.47. The van der Waals surface area contributed by atoms with Crippen molar-refractivity contribution >= 4 is 40.0 Å². The summed E-state index contributed by atoms with van der Waals surface area (Å²) in [5.41, 5.74) is 1.86. The lowest BCUT2D eigenvalue weighted by atomic mass is 10.2. The molecule has 0 saturated carbocycles. The van der Waals surface area contributed by atoms with Crippen molar-refractivity contribution < 1.29 is 19.1 Å². The lowest BCUT2D eigenvalue weighted by Crippen LogP contribution is -2.26. The van der Waals surface area contributed by atoms with Crippen LogP contribution in [0.2, 0.25) is 5.02 Å². The Kier molecular flexibility index (Phi) is 6.32. The normalized spacial score (nSPS) is 13.6. The Morgan fingerprint density at radius 3 is 2.84 bits per heavy atom. The summed E-state index contributed by atoms with van der Waals surface area (Å²) in [6.07, 6.45) is 2.32. The van der Waals surface area contributed by atoms with Gasteiger partial charge in [0.1, 0.15) is 17.2 Å². The molecule has 2 amide bonds. The van der Waals surface area contributed by atoms with Gasteiger partial charge in [-0.15, -0.1) is 0 Å². The van der Waals surface area contributed by atoms with Gasteiger partial charge in [0.2, 0.25) is 5.91 Å². The van der Waals surface area contributed by atoms with Crippen LogP contribution < -0.4 is 14.8 Å².